The minimum atomic E-state index is -1.93. The Morgan fingerprint density at radius 2 is 1.24 bits per heavy atom. The minimum absolute atomic E-state index is 0.0343. The number of aliphatic hydroxyl groups is 11. The SMILES string of the molecule is CC(C)=CCCC(C)(OC1OC(CO)C(O)C(O)C1O)C1CCC2(C)C1C(O)CC1C3(C)CCC(OC4OC(CO)C(O)C(O)C4OC4OC(COC(=O)CC(=O)O)C(O)C(O)C4O)C(C)(C)C3CCC12C. The van der Waals surface area contributed by atoms with Crippen LogP contribution in [0.2, 0.25) is 0 Å². The zero-order chi connectivity index (χ0) is 53.2. The van der Waals surface area contributed by atoms with Gasteiger partial charge in [-0.05, 0) is 124 Å². The molecule has 21 heteroatoms. The molecule has 21 nitrogen and oxygen atoms in total. The third-order valence-electron chi connectivity index (χ3n) is 19.3. The van der Waals surface area contributed by atoms with E-state index in [1.807, 2.05) is 20.8 Å². The van der Waals surface area contributed by atoms with Crippen LogP contribution in [0.4, 0.5) is 0 Å². The average molecular weight is 1030 g/mol. The molecule has 3 saturated heterocycles. The molecule has 0 spiro atoms. The van der Waals surface area contributed by atoms with Crippen LogP contribution in [0.5, 0.6) is 0 Å². The molecule has 414 valence electrons. The summed E-state index contributed by atoms with van der Waals surface area (Å²) in [7, 11) is 0. The first-order valence-electron chi connectivity index (χ1n) is 25.9. The maximum atomic E-state index is 12.7. The molecule has 25 unspecified atom stereocenters. The van der Waals surface area contributed by atoms with Crippen molar-refractivity contribution < 1.29 is 104 Å². The Labute approximate surface area is 421 Å². The highest BCUT2D eigenvalue weighted by molar-refractivity contribution is 5.90. The van der Waals surface area contributed by atoms with Gasteiger partial charge in [-0.3, -0.25) is 9.59 Å². The van der Waals surface area contributed by atoms with Crippen molar-refractivity contribution in [3.8, 4) is 0 Å². The largest absolute Gasteiger partial charge is 0.481 e. The monoisotopic (exact) mass is 1030 g/mol. The first-order valence-corrected chi connectivity index (χ1v) is 25.9. The van der Waals surface area contributed by atoms with E-state index in [0.29, 0.717) is 38.5 Å². The number of aliphatic hydroxyl groups excluding tert-OH is 11. The lowest BCUT2D eigenvalue weighted by atomic mass is 9.35. The second-order valence-electron chi connectivity index (χ2n) is 24.0. The molecular weight excluding hydrogens is 949 g/mol. The Morgan fingerprint density at radius 3 is 1.85 bits per heavy atom. The van der Waals surface area contributed by atoms with Crippen molar-refractivity contribution in [1.29, 1.82) is 0 Å². The Morgan fingerprint density at radius 1 is 0.667 bits per heavy atom. The maximum absolute atomic E-state index is 12.7. The molecule has 7 fully saturated rings. The van der Waals surface area contributed by atoms with Crippen LogP contribution in [-0.4, -0.2) is 203 Å². The van der Waals surface area contributed by atoms with Crippen molar-refractivity contribution >= 4 is 11.9 Å². The Hall–Kier alpha value is -2.00. The molecule has 4 aliphatic carbocycles. The van der Waals surface area contributed by atoms with Crippen molar-refractivity contribution in [2.45, 2.75) is 230 Å². The molecule has 0 aromatic rings. The Kier molecular flexibility index (Phi) is 17.5. The molecule has 0 amide bonds. The number of ether oxygens (including phenoxy) is 7. The number of carboxylic acids is 1. The normalized spacial score (nSPS) is 48.8. The van der Waals surface area contributed by atoms with Gasteiger partial charge in [0.2, 0.25) is 0 Å². The first-order chi connectivity index (χ1) is 33.6. The molecule has 4 saturated carbocycles. The van der Waals surface area contributed by atoms with E-state index < -0.39 is 154 Å². The summed E-state index contributed by atoms with van der Waals surface area (Å²) < 4.78 is 42.3. The number of rotatable bonds is 16. The highest BCUT2D eigenvalue weighted by Crippen LogP contribution is 2.76. The van der Waals surface area contributed by atoms with Gasteiger partial charge in [-0.2, -0.15) is 0 Å². The van der Waals surface area contributed by atoms with Gasteiger partial charge < -0.3 is 94.4 Å². The summed E-state index contributed by atoms with van der Waals surface area (Å²) in [5, 5.41) is 129. The van der Waals surface area contributed by atoms with E-state index in [1.54, 1.807) is 0 Å². The summed E-state index contributed by atoms with van der Waals surface area (Å²) in [6.07, 6.45) is -18.2. The van der Waals surface area contributed by atoms with Crippen LogP contribution < -0.4 is 0 Å². The summed E-state index contributed by atoms with van der Waals surface area (Å²) in [6.45, 7) is 15.2. The topological polar surface area (TPSA) is 342 Å². The number of allylic oxidation sites excluding steroid dienone is 2. The zero-order valence-electron chi connectivity index (χ0n) is 42.9. The van der Waals surface area contributed by atoms with Gasteiger partial charge in [-0.1, -0.05) is 46.3 Å². The Balaban J connectivity index is 1.11. The molecular formula is C51H84O21. The predicted molar refractivity (Wildman–Crippen MR) is 250 cm³/mol. The van der Waals surface area contributed by atoms with Gasteiger partial charge in [-0.15, -0.1) is 0 Å². The lowest BCUT2D eigenvalue weighted by Crippen LogP contribution is -2.68. The molecule has 72 heavy (non-hydrogen) atoms. The fraction of sp³-hybridized carbons (Fsp3) is 0.922. The number of aliphatic carboxylic acids is 1. The molecule has 0 aromatic heterocycles. The van der Waals surface area contributed by atoms with Crippen LogP contribution in [0.25, 0.3) is 0 Å². The zero-order valence-corrected chi connectivity index (χ0v) is 42.9. The molecule has 0 bridgehead atoms. The van der Waals surface area contributed by atoms with Crippen molar-refractivity contribution in [3.05, 3.63) is 11.6 Å². The standard InChI is InChI=1S/C51H84O21/c1-23(2)10-9-14-51(8,72-45-42(65)38(61)35(58)26(20-52)67-45)24-11-16-50(7)34(24)25(54)18-30-48(5)15-13-31(47(3,4)29(48)12-17-49(30,50)6)70-46-43(40(63)36(59)27(21-53)68-46)71-44-41(64)39(62)37(60)28(69-44)22-66-33(57)19-32(55)56/h10,24-31,34-46,52-54,58-65H,9,11-22H2,1-8H3,(H,55,56). The average Bonchev–Trinajstić information content (AvgIpc) is 3.70. The number of carbonyl (C=O) groups excluding carboxylic acids is 1. The van der Waals surface area contributed by atoms with Crippen molar-refractivity contribution in [1.82, 2.24) is 0 Å². The van der Waals surface area contributed by atoms with Gasteiger partial charge >= 0.3 is 11.9 Å². The molecule has 12 N–H and O–H groups in total. The van der Waals surface area contributed by atoms with Crippen molar-refractivity contribution in [2.75, 3.05) is 19.8 Å². The van der Waals surface area contributed by atoms with E-state index in [1.165, 1.54) is 0 Å². The van der Waals surface area contributed by atoms with Gasteiger partial charge in [0.05, 0.1) is 31.0 Å². The molecule has 25 atom stereocenters. The third kappa shape index (κ3) is 10.3. The molecule has 0 radical (unpaired) electrons. The van der Waals surface area contributed by atoms with Gasteiger partial charge in [-0.25, -0.2) is 0 Å². The van der Waals surface area contributed by atoms with E-state index in [0.717, 1.165) is 24.8 Å². The predicted octanol–water partition coefficient (Wildman–Crippen LogP) is -0.00120. The first kappa shape index (κ1) is 57.7. The summed E-state index contributed by atoms with van der Waals surface area (Å²) in [6, 6.07) is 0. The minimum Gasteiger partial charge on any atom is -0.481 e. The Bertz CT molecular complexity index is 1920. The fourth-order valence-corrected chi connectivity index (χ4v) is 15.2. The number of hydrogen-bond acceptors (Lipinski definition) is 20. The summed E-state index contributed by atoms with van der Waals surface area (Å²) in [4.78, 5) is 23.0. The number of carbonyl (C=O) groups is 2. The molecule has 0 aromatic carbocycles. The van der Waals surface area contributed by atoms with Gasteiger partial charge in [0.15, 0.2) is 18.9 Å². The number of esters is 1. The van der Waals surface area contributed by atoms with E-state index >= 15 is 0 Å². The van der Waals surface area contributed by atoms with Gasteiger partial charge in [0.1, 0.15) is 86.3 Å². The summed E-state index contributed by atoms with van der Waals surface area (Å²) in [5.74, 6) is -2.92. The van der Waals surface area contributed by atoms with Crippen LogP contribution in [0.3, 0.4) is 0 Å². The third-order valence-corrected chi connectivity index (χ3v) is 19.3. The van der Waals surface area contributed by atoms with Crippen LogP contribution >= 0.6 is 0 Å². The molecule has 3 aliphatic heterocycles. The second kappa shape index (κ2) is 21.8. The van der Waals surface area contributed by atoms with E-state index in [9.17, 15) is 65.8 Å². The second-order valence-corrected chi connectivity index (χ2v) is 24.0. The highest BCUT2D eigenvalue weighted by atomic mass is 16.8. The lowest BCUT2D eigenvalue weighted by Gasteiger charge is -2.71. The van der Waals surface area contributed by atoms with E-state index in [-0.39, 0.29) is 39.9 Å². The van der Waals surface area contributed by atoms with Crippen molar-refractivity contribution in [2.24, 2.45) is 45.3 Å². The molecule has 3 heterocycles. The van der Waals surface area contributed by atoms with Crippen LogP contribution in [-0.2, 0) is 42.7 Å². The number of fused-ring (bicyclic) bond motifs is 5. The van der Waals surface area contributed by atoms with Gasteiger partial charge in [0.25, 0.3) is 0 Å². The van der Waals surface area contributed by atoms with Gasteiger partial charge in [0, 0.05) is 0 Å². The summed E-state index contributed by atoms with van der Waals surface area (Å²) in [5.41, 5.74) is -1.36. The van der Waals surface area contributed by atoms with Crippen LogP contribution in [0.1, 0.15) is 120 Å². The highest BCUT2D eigenvalue weighted by Gasteiger charge is 2.72. The smallest absolute Gasteiger partial charge is 0.317 e. The van der Waals surface area contributed by atoms with E-state index in [4.69, 9.17) is 38.3 Å². The summed E-state index contributed by atoms with van der Waals surface area (Å²) >= 11 is 0. The van der Waals surface area contributed by atoms with E-state index in [2.05, 4.69) is 40.7 Å². The quantitative estimate of drug-likeness (QED) is 0.0419. The van der Waals surface area contributed by atoms with Crippen molar-refractivity contribution in [3.63, 3.8) is 0 Å². The van der Waals surface area contributed by atoms with Crippen LogP contribution in [0, 0.1) is 45.3 Å². The maximum Gasteiger partial charge on any atom is 0.317 e. The lowest BCUT2D eigenvalue weighted by molar-refractivity contribution is -0.378. The van der Waals surface area contributed by atoms with Crippen LogP contribution in [0.15, 0.2) is 11.6 Å². The number of carboxylic acid groups (broad SMARTS) is 1. The fourth-order valence-electron chi connectivity index (χ4n) is 15.2. The number of hydrogen-bond donors (Lipinski definition) is 12. The molecule has 7 aliphatic rings. The molecule has 7 rings (SSSR count).